The molecular weight excluding hydrogens is 362 g/mol. The van der Waals surface area contributed by atoms with Crippen molar-refractivity contribution in [2.75, 3.05) is 5.32 Å². The molecule has 6 heteroatoms. The third-order valence-electron chi connectivity index (χ3n) is 5.31. The van der Waals surface area contributed by atoms with Crippen LogP contribution in [-0.4, -0.2) is 25.9 Å². The molecule has 2 aromatic carbocycles. The second kappa shape index (κ2) is 8.01. The number of aromatic nitrogens is 4. The van der Waals surface area contributed by atoms with Gasteiger partial charge in [-0.25, -0.2) is 0 Å². The number of hydrogen-bond acceptors (Lipinski definition) is 5. The minimum absolute atomic E-state index is 0.436. The summed E-state index contributed by atoms with van der Waals surface area (Å²) in [6, 6.07) is 22.1. The second-order valence-electron chi connectivity index (χ2n) is 7.42. The van der Waals surface area contributed by atoms with E-state index in [1.54, 1.807) is 4.52 Å². The largest absolute Gasteiger partial charge is 0.374 e. The lowest BCUT2D eigenvalue weighted by atomic mass is 10.2. The molecule has 0 unspecified atom stereocenters. The van der Waals surface area contributed by atoms with Crippen molar-refractivity contribution in [2.24, 2.45) is 0 Å². The van der Waals surface area contributed by atoms with E-state index < -0.39 is 0 Å². The van der Waals surface area contributed by atoms with Crippen LogP contribution in [0.4, 0.5) is 11.5 Å². The van der Waals surface area contributed by atoms with Gasteiger partial charge in [-0.2, -0.15) is 4.52 Å². The summed E-state index contributed by atoms with van der Waals surface area (Å²) in [5, 5.41) is 16.5. The maximum absolute atomic E-state index is 5.99. The van der Waals surface area contributed by atoms with Crippen molar-refractivity contribution in [3.63, 3.8) is 0 Å². The molecule has 1 saturated carbocycles. The van der Waals surface area contributed by atoms with Gasteiger partial charge in [0.1, 0.15) is 0 Å². The molecule has 0 atom stereocenters. The number of ether oxygens (including phenoxy) is 1. The van der Waals surface area contributed by atoms with E-state index in [0.29, 0.717) is 18.4 Å². The number of benzene rings is 2. The molecule has 29 heavy (non-hydrogen) atoms. The van der Waals surface area contributed by atoms with Crippen molar-refractivity contribution >= 4 is 17.2 Å². The highest BCUT2D eigenvalue weighted by atomic mass is 16.5. The van der Waals surface area contributed by atoms with Crippen LogP contribution < -0.4 is 5.32 Å². The van der Waals surface area contributed by atoms with Gasteiger partial charge >= 0.3 is 0 Å². The highest BCUT2D eigenvalue weighted by molar-refractivity contribution is 5.61. The van der Waals surface area contributed by atoms with E-state index in [9.17, 15) is 0 Å². The molecule has 0 radical (unpaired) electrons. The summed E-state index contributed by atoms with van der Waals surface area (Å²) in [5.74, 6) is 1.47. The van der Waals surface area contributed by atoms with Crippen LogP contribution in [0, 0.1) is 0 Å². The predicted octanol–water partition coefficient (Wildman–Crippen LogP) is 4.99. The predicted molar refractivity (Wildman–Crippen MR) is 113 cm³/mol. The first-order valence-electron chi connectivity index (χ1n) is 10.1. The average molecular weight is 385 g/mol. The van der Waals surface area contributed by atoms with Gasteiger partial charge in [0.2, 0.25) is 0 Å². The molecule has 5 rings (SSSR count). The molecule has 1 fully saturated rings. The first kappa shape index (κ1) is 17.8. The Morgan fingerprint density at radius 3 is 2.48 bits per heavy atom. The summed E-state index contributed by atoms with van der Waals surface area (Å²) in [6.45, 7) is 0.677. The van der Waals surface area contributed by atoms with Gasteiger partial charge in [-0.3, -0.25) is 0 Å². The van der Waals surface area contributed by atoms with Crippen LogP contribution >= 0.6 is 0 Å². The SMILES string of the molecule is c1ccc(-c2nnc3ccc(Nc4ccc(COC5CCCC5)cc4)nn23)cc1. The van der Waals surface area contributed by atoms with Crippen LogP contribution in [0.1, 0.15) is 31.2 Å². The fourth-order valence-corrected chi connectivity index (χ4v) is 3.72. The summed E-state index contributed by atoms with van der Waals surface area (Å²) >= 11 is 0. The van der Waals surface area contributed by atoms with Crippen LogP contribution in [0.15, 0.2) is 66.7 Å². The molecule has 1 aliphatic rings. The Hall–Kier alpha value is -3.25. The summed E-state index contributed by atoms with van der Waals surface area (Å²) in [7, 11) is 0. The van der Waals surface area contributed by atoms with Gasteiger partial charge in [0.25, 0.3) is 0 Å². The van der Waals surface area contributed by atoms with Crippen LogP contribution in [-0.2, 0) is 11.3 Å². The second-order valence-corrected chi connectivity index (χ2v) is 7.42. The van der Waals surface area contributed by atoms with E-state index in [1.165, 1.54) is 31.2 Å². The minimum atomic E-state index is 0.436. The Bertz CT molecular complexity index is 1090. The van der Waals surface area contributed by atoms with Crippen molar-refractivity contribution in [2.45, 2.75) is 38.4 Å². The highest BCUT2D eigenvalue weighted by Crippen LogP contribution is 2.23. The molecule has 0 aliphatic heterocycles. The van der Waals surface area contributed by atoms with Crippen molar-refractivity contribution < 1.29 is 4.74 Å². The smallest absolute Gasteiger partial charge is 0.185 e. The average Bonchev–Trinajstić information content (AvgIpc) is 3.44. The van der Waals surface area contributed by atoms with Gasteiger partial charge in [0, 0.05) is 11.3 Å². The number of anilines is 2. The molecule has 2 heterocycles. The van der Waals surface area contributed by atoms with Crippen molar-refractivity contribution in [1.82, 2.24) is 19.8 Å². The van der Waals surface area contributed by atoms with Crippen LogP contribution in [0.3, 0.4) is 0 Å². The monoisotopic (exact) mass is 385 g/mol. The van der Waals surface area contributed by atoms with Gasteiger partial charge in [-0.05, 0) is 42.7 Å². The number of hydrogen-bond donors (Lipinski definition) is 1. The van der Waals surface area contributed by atoms with Gasteiger partial charge < -0.3 is 10.1 Å². The summed E-state index contributed by atoms with van der Waals surface area (Å²) in [4.78, 5) is 0. The third-order valence-corrected chi connectivity index (χ3v) is 5.31. The molecule has 0 saturated heterocycles. The van der Waals surface area contributed by atoms with Gasteiger partial charge in [0.15, 0.2) is 17.3 Å². The zero-order valence-electron chi connectivity index (χ0n) is 16.2. The summed E-state index contributed by atoms with van der Waals surface area (Å²) in [5.41, 5.74) is 3.87. The van der Waals surface area contributed by atoms with Gasteiger partial charge in [0.05, 0.1) is 12.7 Å². The molecule has 0 amide bonds. The first-order valence-corrected chi connectivity index (χ1v) is 10.1. The van der Waals surface area contributed by atoms with Crippen molar-refractivity contribution in [1.29, 1.82) is 0 Å². The van der Waals surface area contributed by atoms with Crippen LogP contribution in [0.5, 0.6) is 0 Å². The Kier molecular flexibility index (Phi) is 4.92. The quantitative estimate of drug-likeness (QED) is 0.506. The lowest BCUT2D eigenvalue weighted by Gasteiger charge is -2.11. The zero-order valence-corrected chi connectivity index (χ0v) is 16.2. The molecule has 1 N–H and O–H groups in total. The number of fused-ring (bicyclic) bond motifs is 1. The van der Waals surface area contributed by atoms with Gasteiger partial charge in [-0.1, -0.05) is 55.3 Å². The third kappa shape index (κ3) is 3.98. The molecule has 2 aromatic heterocycles. The highest BCUT2D eigenvalue weighted by Gasteiger charge is 2.15. The molecule has 146 valence electrons. The van der Waals surface area contributed by atoms with E-state index in [2.05, 4.69) is 44.9 Å². The van der Waals surface area contributed by atoms with E-state index in [-0.39, 0.29) is 0 Å². The van der Waals surface area contributed by atoms with E-state index in [4.69, 9.17) is 4.74 Å². The standard InChI is InChI=1S/C23H23N5O/c1-2-6-18(7-3-1)23-26-25-22-15-14-21(27-28(22)23)24-19-12-10-17(11-13-19)16-29-20-8-4-5-9-20/h1-3,6-7,10-15,20H,4-5,8-9,16H2,(H,24,27). The lowest BCUT2D eigenvalue weighted by Crippen LogP contribution is -2.07. The van der Waals surface area contributed by atoms with Crippen LogP contribution in [0.25, 0.3) is 17.0 Å². The first-order chi connectivity index (χ1) is 14.3. The Labute approximate surface area is 169 Å². The normalized spacial score (nSPS) is 14.5. The van der Waals surface area contributed by atoms with E-state index in [1.807, 2.05) is 42.5 Å². The number of nitrogens with one attached hydrogen (secondary N) is 1. The lowest BCUT2D eigenvalue weighted by molar-refractivity contribution is 0.0457. The fraction of sp³-hybridized carbons (Fsp3) is 0.261. The van der Waals surface area contributed by atoms with E-state index in [0.717, 1.165) is 22.9 Å². The Balaban J connectivity index is 1.31. The molecule has 6 nitrogen and oxygen atoms in total. The Morgan fingerprint density at radius 1 is 0.897 bits per heavy atom. The minimum Gasteiger partial charge on any atom is -0.374 e. The van der Waals surface area contributed by atoms with Crippen molar-refractivity contribution in [3.8, 4) is 11.4 Å². The summed E-state index contributed by atoms with van der Waals surface area (Å²) in [6.07, 6.45) is 5.42. The fourth-order valence-electron chi connectivity index (χ4n) is 3.72. The van der Waals surface area contributed by atoms with Gasteiger partial charge in [-0.15, -0.1) is 15.3 Å². The van der Waals surface area contributed by atoms with E-state index >= 15 is 0 Å². The van der Waals surface area contributed by atoms with Crippen LogP contribution in [0.2, 0.25) is 0 Å². The number of nitrogens with zero attached hydrogens (tertiary/aromatic N) is 4. The molecular formula is C23H23N5O. The number of rotatable bonds is 6. The molecule has 0 bridgehead atoms. The topological polar surface area (TPSA) is 64.3 Å². The maximum atomic E-state index is 5.99. The zero-order chi connectivity index (χ0) is 19.5. The summed E-state index contributed by atoms with van der Waals surface area (Å²) < 4.78 is 7.76. The van der Waals surface area contributed by atoms with Crippen molar-refractivity contribution in [3.05, 3.63) is 72.3 Å². The maximum Gasteiger partial charge on any atom is 0.185 e. The molecule has 1 aliphatic carbocycles. The molecule has 4 aromatic rings. The Morgan fingerprint density at radius 2 is 1.69 bits per heavy atom. The molecule has 0 spiro atoms.